The maximum Gasteiger partial charge on any atom is 0.280 e. The van der Waals surface area contributed by atoms with E-state index in [2.05, 4.69) is 39.2 Å². The second kappa shape index (κ2) is 10.8. The van der Waals surface area contributed by atoms with Crippen molar-refractivity contribution >= 4 is 28.9 Å². The molecule has 3 aromatic rings. The molecule has 1 atom stereocenters. The van der Waals surface area contributed by atoms with Crippen molar-refractivity contribution in [2.75, 3.05) is 49.1 Å². The smallest absolute Gasteiger partial charge is 0.280 e. The summed E-state index contributed by atoms with van der Waals surface area (Å²) in [6.45, 7) is 6.35. The lowest BCUT2D eigenvalue weighted by Gasteiger charge is -2.37. The molecule has 6 nitrogen and oxygen atoms in total. The topological polar surface area (TPSA) is 44.6 Å². The molecule has 206 valence electrons. The third-order valence-electron chi connectivity index (χ3n) is 8.34. The summed E-state index contributed by atoms with van der Waals surface area (Å²) in [6.07, 6.45) is 2.77. The number of carbonyl (C=O) groups is 1. The lowest BCUT2D eigenvalue weighted by molar-refractivity contribution is -0.132. The number of aromatic nitrogens is 2. The molecule has 1 saturated carbocycles. The summed E-state index contributed by atoms with van der Waals surface area (Å²) in [4.78, 5) is 19.0. The van der Waals surface area contributed by atoms with Crippen LogP contribution in [0.5, 0.6) is 0 Å². The molecule has 6 rings (SSSR count). The normalized spacial score (nSPS) is 20.1. The van der Waals surface area contributed by atoms with E-state index in [-0.39, 0.29) is 17.7 Å². The van der Waals surface area contributed by atoms with E-state index in [1.54, 1.807) is 6.92 Å². The second-order valence-electron chi connectivity index (χ2n) is 11.0. The van der Waals surface area contributed by atoms with E-state index < -0.39 is 6.43 Å². The van der Waals surface area contributed by atoms with Crippen LogP contribution in [-0.4, -0.2) is 59.9 Å². The summed E-state index contributed by atoms with van der Waals surface area (Å²) in [6, 6.07) is 14.4. The molecule has 1 unspecified atom stereocenters. The summed E-state index contributed by atoms with van der Waals surface area (Å²) < 4.78 is 29.1. The van der Waals surface area contributed by atoms with Gasteiger partial charge in [-0.2, -0.15) is 5.10 Å². The van der Waals surface area contributed by atoms with E-state index in [1.807, 2.05) is 23.1 Å². The number of piperazine rings is 1. The minimum absolute atomic E-state index is 0.0153. The van der Waals surface area contributed by atoms with Crippen molar-refractivity contribution in [3.63, 3.8) is 0 Å². The lowest BCUT2D eigenvalue weighted by Crippen LogP contribution is -2.49. The molecule has 0 spiro atoms. The second-order valence-corrected chi connectivity index (χ2v) is 11.4. The summed E-state index contributed by atoms with van der Waals surface area (Å²) in [7, 11) is 0. The fraction of sp³-hybridized carbons (Fsp3) is 0.467. The molecule has 9 heteroatoms. The Labute approximate surface area is 233 Å². The standard InChI is InChI=1S/C30H34ClF2N5O/c1-20-18-34-38(28(20)29(32)33)25-3-2-12-37(19-25)27-17-23(31)8-11-26(27)21-6-9-24(10-7-21)35-13-15-36(16-14-35)30(39)22-4-5-22/h6-11,17-18,22,25,29H,2-5,12-16,19H2,1H3. The van der Waals surface area contributed by atoms with Crippen LogP contribution in [-0.2, 0) is 4.79 Å². The highest BCUT2D eigenvalue weighted by molar-refractivity contribution is 6.31. The highest BCUT2D eigenvalue weighted by Crippen LogP contribution is 2.38. The van der Waals surface area contributed by atoms with Crippen LogP contribution in [0.1, 0.15) is 49.4 Å². The number of halogens is 3. The van der Waals surface area contributed by atoms with Crippen LogP contribution >= 0.6 is 11.6 Å². The van der Waals surface area contributed by atoms with Gasteiger partial charge in [0.05, 0.1) is 12.2 Å². The number of benzene rings is 2. The first-order valence-corrected chi connectivity index (χ1v) is 14.3. The molecule has 2 aromatic carbocycles. The number of hydrogen-bond donors (Lipinski definition) is 0. The van der Waals surface area contributed by atoms with E-state index in [9.17, 15) is 13.6 Å². The Morgan fingerprint density at radius 3 is 2.41 bits per heavy atom. The number of piperidine rings is 1. The van der Waals surface area contributed by atoms with Gasteiger partial charge in [0.2, 0.25) is 5.91 Å². The molecule has 3 heterocycles. The van der Waals surface area contributed by atoms with Crippen LogP contribution < -0.4 is 9.80 Å². The molecule has 1 amide bonds. The fourth-order valence-corrected chi connectivity index (χ4v) is 6.20. The molecule has 0 N–H and O–H groups in total. The maximum absolute atomic E-state index is 13.8. The third kappa shape index (κ3) is 5.36. The van der Waals surface area contributed by atoms with Crippen LogP contribution in [0.2, 0.25) is 5.02 Å². The number of anilines is 2. The van der Waals surface area contributed by atoms with Gasteiger partial charge >= 0.3 is 0 Å². The monoisotopic (exact) mass is 553 g/mol. The maximum atomic E-state index is 13.8. The minimum atomic E-state index is -2.55. The average Bonchev–Trinajstić information content (AvgIpc) is 3.73. The highest BCUT2D eigenvalue weighted by Gasteiger charge is 2.34. The summed E-state index contributed by atoms with van der Waals surface area (Å²) >= 11 is 6.45. The molecule has 0 radical (unpaired) electrons. The Balaban J connectivity index is 1.20. The van der Waals surface area contributed by atoms with E-state index in [1.165, 1.54) is 10.9 Å². The van der Waals surface area contributed by atoms with Crippen molar-refractivity contribution in [3.05, 3.63) is 64.9 Å². The quantitative estimate of drug-likeness (QED) is 0.357. The fourth-order valence-electron chi connectivity index (χ4n) is 6.03. The molecule has 3 fully saturated rings. The van der Waals surface area contributed by atoms with Gasteiger partial charge in [-0.25, -0.2) is 8.78 Å². The van der Waals surface area contributed by atoms with E-state index in [0.29, 0.717) is 23.0 Å². The van der Waals surface area contributed by atoms with Gasteiger partial charge in [0, 0.05) is 67.1 Å². The van der Waals surface area contributed by atoms with Crippen molar-refractivity contribution in [1.29, 1.82) is 0 Å². The Bertz CT molecular complexity index is 1330. The van der Waals surface area contributed by atoms with Gasteiger partial charge in [-0.1, -0.05) is 29.8 Å². The molecule has 1 aromatic heterocycles. The molecule has 2 saturated heterocycles. The Kier molecular flexibility index (Phi) is 7.23. The van der Waals surface area contributed by atoms with Gasteiger partial charge in [0.25, 0.3) is 6.43 Å². The first-order chi connectivity index (χ1) is 18.9. The number of nitrogens with zero attached hydrogens (tertiary/aromatic N) is 5. The number of aryl methyl sites for hydroxylation is 1. The molecule has 39 heavy (non-hydrogen) atoms. The van der Waals surface area contributed by atoms with Crippen LogP contribution in [0.3, 0.4) is 0 Å². The molecule has 3 aliphatic rings. The van der Waals surface area contributed by atoms with Gasteiger partial charge in [-0.05, 0) is 68.0 Å². The number of hydrogen-bond acceptors (Lipinski definition) is 4. The van der Waals surface area contributed by atoms with Crippen molar-refractivity contribution in [3.8, 4) is 11.1 Å². The van der Waals surface area contributed by atoms with Gasteiger partial charge in [-0.15, -0.1) is 0 Å². The van der Waals surface area contributed by atoms with Crippen LogP contribution in [0.4, 0.5) is 20.2 Å². The zero-order valence-corrected chi connectivity index (χ0v) is 23.0. The van der Waals surface area contributed by atoms with E-state index >= 15 is 0 Å². The molecule has 2 aliphatic heterocycles. The first kappa shape index (κ1) is 26.1. The van der Waals surface area contributed by atoms with Gasteiger partial charge in [-0.3, -0.25) is 9.48 Å². The van der Waals surface area contributed by atoms with Gasteiger partial charge in [0.1, 0.15) is 5.69 Å². The van der Waals surface area contributed by atoms with Crippen molar-refractivity contribution in [2.45, 2.75) is 45.1 Å². The number of rotatable bonds is 6. The van der Waals surface area contributed by atoms with Crippen molar-refractivity contribution < 1.29 is 13.6 Å². The third-order valence-corrected chi connectivity index (χ3v) is 8.57. The van der Waals surface area contributed by atoms with E-state index in [0.717, 1.165) is 80.9 Å². The number of amides is 1. The average molecular weight is 554 g/mol. The molecule has 1 aliphatic carbocycles. The number of carbonyl (C=O) groups excluding carboxylic acids is 1. The minimum Gasteiger partial charge on any atom is -0.369 e. The summed E-state index contributed by atoms with van der Waals surface area (Å²) in [5.74, 6) is 0.600. The Morgan fingerprint density at radius 1 is 0.974 bits per heavy atom. The zero-order valence-electron chi connectivity index (χ0n) is 22.2. The zero-order chi connectivity index (χ0) is 27.1. The van der Waals surface area contributed by atoms with Crippen molar-refractivity contribution in [1.82, 2.24) is 14.7 Å². The van der Waals surface area contributed by atoms with Gasteiger partial charge < -0.3 is 14.7 Å². The van der Waals surface area contributed by atoms with Crippen LogP contribution in [0.25, 0.3) is 11.1 Å². The summed E-state index contributed by atoms with van der Waals surface area (Å²) in [5.41, 5.74) is 4.85. The first-order valence-electron chi connectivity index (χ1n) is 13.9. The van der Waals surface area contributed by atoms with Crippen LogP contribution in [0.15, 0.2) is 48.7 Å². The molecule has 0 bridgehead atoms. The predicted octanol–water partition coefficient (Wildman–Crippen LogP) is 6.35. The van der Waals surface area contributed by atoms with Gasteiger partial charge in [0.15, 0.2) is 0 Å². The molecular weight excluding hydrogens is 520 g/mol. The van der Waals surface area contributed by atoms with E-state index in [4.69, 9.17) is 11.6 Å². The highest BCUT2D eigenvalue weighted by atomic mass is 35.5. The Hall–Kier alpha value is -3.13. The summed E-state index contributed by atoms with van der Waals surface area (Å²) in [5, 5.41) is 4.97. The Morgan fingerprint density at radius 2 is 1.72 bits per heavy atom. The molecular formula is C30H34ClF2N5O. The van der Waals surface area contributed by atoms with Crippen LogP contribution in [0, 0.1) is 12.8 Å². The number of alkyl halides is 2. The SMILES string of the molecule is Cc1cnn(C2CCCN(c3cc(Cl)ccc3-c3ccc(N4CCN(C(=O)C5CC5)CC4)cc3)C2)c1C(F)F. The van der Waals surface area contributed by atoms with Crippen molar-refractivity contribution in [2.24, 2.45) is 5.92 Å². The lowest BCUT2D eigenvalue weighted by atomic mass is 9.99. The predicted molar refractivity (Wildman–Crippen MR) is 151 cm³/mol. The largest absolute Gasteiger partial charge is 0.369 e.